The Morgan fingerprint density at radius 2 is 0.879 bits per heavy atom. The van der Waals surface area contributed by atoms with Crippen LogP contribution in [0, 0.1) is 5.92 Å². The fourth-order valence-electron chi connectivity index (χ4n) is 8.00. The SMILES string of the molecule is CC[C@H](C)[C@H](N)C(=O)N[C@@H](CS)C(=O)N[C@@H](CC(=O)O)C(=O)N[C@@H](Cc1ccccc1)C(=O)NCC(=O)N[C@@H](CS)C(=O)N[C@@H](CO)C(=O)N[C@@H](CO)C(=O)N[C@@H](CCCN=C(N)N)C(=O)NCC(=O)N[C@@H](CCCCN)C(=O)N[C@@H](CCCN=C(N)N)C(=O)O. The van der Waals surface area contributed by atoms with Gasteiger partial charge in [-0.05, 0) is 63.0 Å². The average Bonchev–Trinajstić information content (AvgIpc) is 2.00. The average molecular weight is 1330 g/mol. The molecule has 0 unspecified atom stereocenters. The third-order valence-corrected chi connectivity index (χ3v) is 14.1. The molecule has 27 N–H and O–H groups in total. The number of aliphatic imine (C=N–C) groups is 2. The summed E-state index contributed by atoms with van der Waals surface area (Å²) in [6, 6.07) is -7.08. The predicted molar refractivity (Wildman–Crippen MR) is 335 cm³/mol. The predicted octanol–water partition coefficient (Wildman–Crippen LogP) is -9.16. The minimum absolute atomic E-state index is 0.0197. The maximum atomic E-state index is 13.7. The summed E-state index contributed by atoms with van der Waals surface area (Å²) >= 11 is 8.20. The normalized spacial score (nSPS) is 14.5. The van der Waals surface area contributed by atoms with Gasteiger partial charge in [-0.1, -0.05) is 50.6 Å². The molecule has 38 heteroatoms. The van der Waals surface area contributed by atoms with Crippen LogP contribution in [-0.2, 0) is 68.7 Å². The summed E-state index contributed by atoms with van der Waals surface area (Å²) in [5.41, 5.74) is 33.5. The van der Waals surface area contributed by atoms with E-state index in [1.54, 1.807) is 44.2 Å². The number of aliphatic carboxylic acids is 2. The van der Waals surface area contributed by atoms with Crippen LogP contribution in [0.5, 0.6) is 0 Å². The van der Waals surface area contributed by atoms with Crippen molar-refractivity contribution in [2.45, 2.75) is 138 Å². The van der Waals surface area contributed by atoms with E-state index in [0.717, 1.165) is 0 Å². The molecule has 36 nitrogen and oxygen atoms in total. The van der Waals surface area contributed by atoms with Crippen LogP contribution in [0.2, 0.25) is 0 Å². The number of aliphatic hydroxyl groups excluding tert-OH is 2. The van der Waals surface area contributed by atoms with Crippen molar-refractivity contribution in [3.05, 3.63) is 35.9 Å². The van der Waals surface area contributed by atoms with Crippen molar-refractivity contribution in [1.82, 2.24) is 58.5 Å². The van der Waals surface area contributed by atoms with E-state index in [4.69, 9.17) is 34.4 Å². The van der Waals surface area contributed by atoms with Gasteiger partial charge in [-0.3, -0.25) is 67.5 Å². The first-order chi connectivity index (χ1) is 43.0. The maximum absolute atomic E-state index is 13.7. The maximum Gasteiger partial charge on any atom is 0.326 e. The second-order valence-corrected chi connectivity index (χ2v) is 21.3. The number of guanidine groups is 2. The van der Waals surface area contributed by atoms with Gasteiger partial charge in [0.15, 0.2) is 11.9 Å². The van der Waals surface area contributed by atoms with Gasteiger partial charge in [-0.2, -0.15) is 25.3 Å². The van der Waals surface area contributed by atoms with E-state index in [-0.39, 0.29) is 81.7 Å². The quantitative estimate of drug-likeness (QED) is 0.0125. The molecule has 0 saturated carbocycles. The lowest BCUT2D eigenvalue weighted by molar-refractivity contribution is -0.142. The van der Waals surface area contributed by atoms with Gasteiger partial charge in [0.05, 0.1) is 38.8 Å². The zero-order chi connectivity index (χ0) is 68.8. The molecular weight excluding hydrogens is 1240 g/mol. The number of nitrogens with two attached hydrogens (primary N) is 6. The van der Waals surface area contributed by atoms with Gasteiger partial charge in [0.2, 0.25) is 65.0 Å². The fraction of sp³-hybridized carbons (Fsp3) is 0.604. The number of hydrogen-bond acceptors (Lipinski definition) is 21. The first kappa shape index (κ1) is 80.4. The van der Waals surface area contributed by atoms with Gasteiger partial charge in [-0.25, -0.2) is 4.79 Å². The molecule has 0 aliphatic carbocycles. The summed E-state index contributed by atoms with van der Waals surface area (Å²) in [6.07, 6.45) is 0.0594. The minimum atomic E-state index is -1.87. The monoisotopic (exact) mass is 1330 g/mol. The number of rotatable bonds is 45. The van der Waals surface area contributed by atoms with Crippen molar-refractivity contribution in [2.75, 3.05) is 57.4 Å². The van der Waals surface area contributed by atoms with E-state index < -0.39 is 176 Å². The molecule has 0 heterocycles. The van der Waals surface area contributed by atoms with Gasteiger partial charge < -0.3 is 113 Å². The molecule has 1 aromatic rings. The summed E-state index contributed by atoms with van der Waals surface area (Å²) in [4.78, 5) is 179. The number of thiol groups is 2. The summed E-state index contributed by atoms with van der Waals surface area (Å²) < 4.78 is 0. The number of carbonyl (C=O) groups is 13. The van der Waals surface area contributed by atoms with Gasteiger partial charge in [0, 0.05) is 31.0 Å². The number of nitrogens with one attached hydrogen (secondary N) is 11. The van der Waals surface area contributed by atoms with Gasteiger partial charge in [-0.15, -0.1) is 0 Å². The Morgan fingerprint density at radius 1 is 0.495 bits per heavy atom. The molecular formula is C53H89N19O17S2. The molecule has 1 rings (SSSR count). The van der Waals surface area contributed by atoms with Crippen LogP contribution in [0.1, 0.15) is 77.2 Å². The number of benzene rings is 1. The number of unbranched alkanes of at least 4 members (excludes halogenated alkanes) is 1. The molecule has 0 bridgehead atoms. The Bertz CT molecular complexity index is 2660. The third-order valence-electron chi connectivity index (χ3n) is 13.4. The largest absolute Gasteiger partial charge is 0.481 e. The molecule has 1 aromatic carbocycles. The van der Waals surface area contributed by atoms with Crippen LogP contribution < -0.4 is 92.9 Å². The standard InChI is InChI=1S/C53H89N19O17S2/c1-3-27(2)41(55)50(87)72-37(26-91)49(86)69-33(20-40(77)78)45(82)68-32(19-28-11-5-4-6-12-28)43(80)63-22-39(76)65-36(25-90)48(85)71-35(24-74)47(84)70-34(23-73)46(83)66-29(14-9-17-60-52(56)57)42(79)62-21-38(75)64-30(13-7-8-16-54)44(81)67-31(51(88)89)15-10-18-61-53(58)59/h4-6,11-12,27,29-37,41,73-74,90-91H,3,7-10,13-26,54-55H2,1-2H3,(H,62,79)(H,63,80)(H,64,75)(H,65,76)(H,66,83)(H,67,81)(H,68,82)(H,69,86)(H,70,84)(H,71,85)(H,72,87)(H,77,78)(H,88,89)(H4,56,57,60)(H4,58,59,61)/t27-,29-,30-,31-,32-,33-,34-,35-,36-,37-,41-/m0/s1. The topological polar surface area (TPSA) is 616 Å². The van der Waals surface area contributed by atoms with Gasteiger partial charge >= 0.3 is 11.9 Å². The molecule has 0 aliphatic heterocycles. The number of carboxylic acids is 2. The lowest BCUT2D eigenvalue weighted by Crippen LogP contribution is -2.60. The van der Waals surface area contributed by atoms with Crippen molar-refractivity contribution in [2.24, 2.45) is 50.3 Å². The van der Waals surface area contributed by atoms with E-state index in [2.05, 4.69) is 93.7 Å². The molecule has 11 amide bonds. The fourth-order valence-corrected chi connectivity index (χ4v) is 8.51. The zero-order valence-corrected chi connectivity index (χ0v) is 52.3. The van der Waals surface area contributed by atoms with E-state index in [0.29, 0.717) is 24.8 Å². The highest BCUT2D eigenvalue weighted by atomic mass is 32.1. The Morgan fingerprint density at radius 3 is 1.34 bits per heavy atom. The number of aliphatic hydroxyl groups is 2. The van der Waals surface area contributed by atoms with Crippen molar-refractivity contribution in [3.8, 4) is 0 Å². The van der Waals surface area contributed by atoms with E-state index in [9.17, 15) is 82.8 Å². The molecule has 11 atom stereocenters. The number of hydrogen-bond donors (Lipinski definition) is 23. The number of amides is 11. The van der Waals surface area contributed by atoms with Crippen LogP contribution in [0.15, 0.2) is 40.3 Å². The molecule has 0 radical (unpaired) electrons. The summed E-state index contributed by atoms with van der Waals surface area (Å²) in [5, 5.41) is 65.2. The third kappa shape index (κ3) is 32.1. The highest BCUT2D eigenvalue weighted by Gasteiger charge is 2.35. The number of carboxylic acid groups (broad SMARTS) is 2. The van der Waals surface area contributed by atoms with Gasteiger partial charge in [0.25, 0.3) is 0 Å². The Kier molecular flexibility index (Phi) is 38.9. The van der Waals surface area contributed by atoms with Crippen molar-refractivity contribution < 1.29 is 82.8 Å². The van der Waals surface area contributed by atoms with Crippen molar-refractivity contribution in [3.63, 3.8) is 0 Å². The lowest BCUT2D eigenvalue weighted by Gasteiger charge is -2.25. The van der Waals surface area contributed by atoms with E-state index in [1.807, 2.05) is 0 Å². The summed E-state index contributed by atoms with van der Waals surface area (Å²) in [5.74, 6) is -15.6. The molecule has 0 aromatic heterocycles. The molecule has 91 heavy (non-hydrogen) atoms. The molecule has 0 saturated heterocycles. The van der Waals surface area contributed by atoms with Crippen LogP contribution in [-0.4, -0.2) is 227 Å². The second-order valence-electron chi connectivity index (χ2n) is 20.6. The van der Waals surface area contributed by atoms with E-state index in [1.165, 1.54) is 0 Å². The Hall–Kier alpha value is -8.59. The van der Waals surface area contributed by atoms with Crippen molar-refractivity contribution in [1.29, 1.82) is 0 Å². The molecule has 0 aliphatic rings. The van der Waals surface area contributed by atoms with Crippen molar-refractivity contribution >= 4 is 114 Å². The Balaban J connectivity index is 3.17. The number of carbonyl (C=O) groups excluding carboxylic acids is 11. The summed E-state index contributed by atoms with van der Waals surface area (Å²) in [6.45, 7) is -0.0977. The first-order valence-corrected chi connectivity index (χ1v) is 30.1. The smallest absolute Gasteiger partial charge is 0.326 e. The number of nitrogens with zero attached hydrogens (tertiary/aromatic N) is 2. The molecule has 0 spiro atoms. The first-order valence-electron chi connectivity index (χ1n) is 28.8. The van der Waals surface area contributed by atoms with Gasteiger partial charge in [0.1, 0.15) is 54.4 Å². The highest BCUT2D eigenvalue weighted by molar-refractivity contribution is 7.80. The highest BCUT2D eigenvalue weighted by Crippen LogP contribution is 2.10. The van der Waals surface area contributed by atoms with Crippen LogP contribution >= 0.6 is 25.3 Å². The molecule has 0 fully saturated rings. The zero-order valence-electron chi connectivity index (χ0n) is 50.5. The minimum Gasteiger partial charge on any atom is -0.481 e. The van der Waals surface area contributed by atoms with E-state index >= 15 is 0 Å². The molecule has 510 valence electrons. The van der Waals surface area contributed by atoms with Crippen LogP contribution in [0.3, 0.4) is 0 Å². The Labute approximate surface area is 535 Å². The van der Waals surface area contributed by atoms with Crippen LogP contribution in [0.4, 0.5) is 0 Å². The van der Waals surface area contributed by atoms with Crippen LogP contribution in [0.25, 0.3) is 0 Å². The lowest BCUT2D eigenvalue weighted by atomic mass is 9.99. The summed E-state index contributed by atoms with van der Waals surface area (Å²) in [7, 11) is 0. The second kappa shape index (κ2) is 44.0.